The second-order valence-electron chi connectivity index (χ2n) is 7.18. The van der Waals surface area contributed by atoms with E-state index in [2.05, 4.69) is 4.98 Å². The van der Waals surface area contributed by atoms with Gasteiger partial charge in [0, 0.05) is 25.0 Å². The highest BCUT2D eigenvalue weighted by Crippen LogP contribution is 2.40. The molecule has 0 saturated carbocycles. The summed E-state index contributed by atoms with van der Waals surface area (Å²) < 4.78 is 110. The van der Waals surface area contributed by atoms with Gasteiger partial charge in [-0.25, -0.2) is 8.78 Å². The summed E-state index contributed by atoms with van der Waals surface area (Å²) in [4.78, 5) is 16.2. The fourth-order valence-corrected chi connectivity index (χ4v) is 3.82. The predicted molar refractivity (Wildman–Crippen MR) is 114 cm³/mol. The first kappa shape index (κ1) is 26.7. The predicted octanol–water partition coefficient (Wildman–Crippen LogP) is 7.10. The second kappa shape index (κ2) is 9.61. The minimum absolute atomic E-state index is 0.103. The number of hydrogen-bond acceptors (Lipinski definition) is 2. The van der Waals surface area contributed by atoms with Gasteiger partial charge in [0.1, 0.15) is 11.6 Å². The molecule has 1 amide bonds. The van der Waals surface area contributed by atoms with Crippen LogP contribution in [0.4, 0.5) is 40.8 Å². The molecule has 0 spiro atoms. The van der Waals surface area contributed by atoms with E-state index in [4.69, 9.17) is 23.8 Å². The van der Waals surface area contributed by atoms with E-state index in [1.807, 2.05) is 0 Å². The Bertz CT molecular complexity index is 1330. The topological polar surface area (TPSA) is 41.0 Å². The summed E-state index contributed by atoms with van der Waals surface area (Å²) in [7, 11) is 0. The van der Waals surface area contributed by atoms with Gasteiger partial charge in [-0.3, -0.25) is 9.36 Å². The molecule has 0 saturated heterocycles. The number of amides is 1. The van der Waals surface area contributed by atoms with Crippen molar-refractivity contribution in [2.75, 3.05) is 11.4 Å². The highest BCUT2D eigenvalue weighted by atomic mass is 35.5. The Kier molecular flexibility index (Phi) is 7.32. The van der Waals surface area contributed by atoms with Crippen molar-refractivity contribution in [2.24, 2.45) is 0 Å². The highest BCUT2D eigenvalue weighted by Gasteiger charge is 2.40. The number of H-pyrrole nitrogens is 1. The first-order valence-corrected chi connectivity index (χ1v) is 10.5. The number of aromatic amines is 1. The summed E-state index contributed by atoms with van der Waals surface area (Å²) in [6.45, 7) is 1.10. The van der Waals surface area contributed by atoms with Crippen molar-refractivity contribution >= 4 is 35.4 Å². The number of halogens is 9. The molecular formula is C21H14ClF8N3OS. The van der Waals surface area contributed by atoms with E-state index in [-0.39, 0.29) is 17.4 Å². The van der Waals surface area contributed by atoms with Crippen molar-refractivity contribution in [1.82, 2.24) is 9.55 Å². The number of aromatic nitrogens is 2. The first-order valence-electron chi connectivity index (χ1n) is 9.67. The van der Waals surface area contributed by atoms with Gasteiger partial charge in [-0.2, -0.15) is 26.3 Å². The average molecular weight is 544 g/mol. The largest absolute Gasteiger partial charge is 0.416 e. The molecule has 4 nitrogen and oxygen atoms in total. The molecule has 1 heterocycles. The number of imidazole rings is 1. The van der Waals surface area contributed by atoms with Gasteiger partial charge in [0.15, 0.2) is 4.77 Å². The van der Waals surface area contributed by atoms with Crippen LogP contribution in [0.1, 0.15) is 23.6 Å². The Hall–Kier alpha value is -2.93. The SMILES string of the molecule is CCN(C(=O)Cc1c(-n2cc[nH]c2=S)cc(C(F)(F)F)cc1C(F)(F)F)c1cc(Cl)c(F)cc1F. The molecule has 0 unspecified atom stereocenters. The molecular weight excluding hydrogens is 530 g/mol. The monoisotopic (exact) mass is 543 g/mol. The zero-order valence-corrected chi connectivity index (χ0v) is 19.1. The molecule has 14 heteroatoms. The zero-order valence-electron chi connectivity index (χ0n) is 17.5. The van der Waals surface area contributed by atoms with Gasteiger partial charge < -0.3 is 9.88 Å². The number of likely N-dealkylation sites (N-methyl/N-ethyl adjacent to an activating group) is 1. The Morgan fingerprint density at radius 2 is 1.71 bits per heavy atom. The van der Waals surface area contributed by atoms with E-state index in [1.165, 1.54) is 13.1 Å². The number of nitrogens with zero attached hydrogens (tertiary/aromatic N) is 2. The number of hydrogen-bond donors (Lipinski definition) is 1. The van der Waals surface area contributed by atoms with E-state index in [0.717, 1.165) is 16.8 Å². The number of alkyl halides is 6. The van der Waals surface area contributed by atoms with Crippen LogP contribution in [0.5, 0.6) is 0 Å². The number of rotatable bonds is 5. The molecule has 35 heavy (non-hydrogen) atoms. The van der Waals surface area contributed by atoms with E-state index in [0.29, 0.717) is 17.0 Å². The van der Waals surface area contributed by atoms with Crippen LogP contribution in [0.3, 0.4) is 0 Å². The third kappa shape index (κ3) is 5.50. The van der Waals surface area contributed by atoms with Gasteiger partial charge in [0.05, 0.1) is 33.9 Å². The summed E-state index contributed by atoms with van der Waals surface area (Å²) in [6, 6.07) is 1.52. The van der Waals surface area contributed by atoms with Crippen LogP contribution < -0.4 is 4.90 Å². The molecule has 0 aliphatic carbocycles. The molecule has 188 valence electrons. The lowest BCUT2D eigenvalue weighted by atomic mass is 9.97. The van der Waals surface area contributed by atoms with Crippen molar-refractivity contribution in [2.45, 2.75) is 25.7 Å². The van der Waals surface area contributed by atoms with Crippen LogP contribution in [0, 0.1) is 16.4 Å². The minimum atomic E-state index is -5.29. The molecule has 3 aromatic rings. The number of nitrogens with one attached hydrogen (secondary N) is 1. The van der Waals surface area contributed by atoms with Crippen molar-refractivity contribution in [3.63, 3.8) is 0 Å². The van der Waals surface area contributed by atoms with Crippen LogP contribution in [0.25, 0.3) is 5.69 Å². The van der Waals surface area contributed by atoms with Crippen molar-refractivity contribution in [3.05, 3.63) is 74.8 Å². The van der Waals surface area contributed by atoms with Crippen LogP contribution in [-0.4, -0.2) is 22.0 Å². The fraction of sp³-hybridized carbons (Fsp3) is 0.238. The number of anilines is 1. The maximum Gasteiger partial charge on any atom is 0.416 e. The third-order valence-electron chi connectivity index (χ3n) is 4.99. The standard InChI is InChI=1S/C21H14ClF8N3OS/c1-2-32(17-8-13(22)14(23)9-15(17)24)18(34)7-11-12(21(28,29)30)5-10(20(25,26)27)6-16(11)33-4-3-31-19(33)35/h3-6,8-9H,2,7H2,1H3,(H,31,35). The molecule has 0 radical (unpaired) electrons. The maximum atomic E-state index is 14.4. The zero-order chi connectivity index (χ0) is 26.3. The molecule has 0 fully saturated rings. The summed E-state index contributed by atoms with van der Waals surface area (Å²) in [5.74, 6) is -3.44. The Balaban J connectivity index is 2.23. The fourth-order valence-electron chi connectivity index (χ4n) is 3.43. The highest BCUT2D eigenvalue weighted by molar-refractivity contribution is 7.71. The summed E-state index contributed by atoms with van der Waals surface area (Å²) in [5.41, 5.74) is -5.29. The summed E-state index contributed by atoms with van der Waals surface area (Å²) >= 11 is 10.6. The van der Waals surface area contributed by atoms with E-state index in [1.54, 1.807) is 0 Å². The first-order chi connectivity index (χ1) is 16.1. The molecule has 2 aromatic carbocycles. The molecule has 1 N–H and O–H groups in total. The third-order valence-corrected chi connectivity index (χ3v) is 5.60. The molecule has 0 bridgehead atoms. The van der Waals surface area contributed by atoms with Gasteiger partial charge in [0.2, 0.25) is 5.91 Å². The van der Waals surface area contributed by atoms with Crippen LogP contribution in [0.2, 0.25) is 5.02 Å². The molecule has 3 rings (SSSR count). The van der Waals surface area contributed by atoms with E-state index in [9.17, 15) is 39.9 Å². The maximum absolute atomic E-state index is 14.4. The normalized spacial score (nSPS) is 12.2. The van der Waals surface area contributed by atoms with Gasteiger partial charge >= 0.3 is 12.4 Å². The smallest absolute Gasteiger partial charge is 0.337 e. The lowest BCUT2D eigenvalue weighted by Gasteiger charge is -2.25. The van der Waals surface area contributed by atoms with Gasteiger partial charge in [-0.15, -0.1) is 0 Å². The number of carbonyl (C=O) groups is 1. The van der Waals surface area contributed by atoms with E-state index >= 15 is 0 Å². The van der Waals surface area contributed by atoms with Crippen molar-refractivity contribution in [3.8, 4) is 5.69 Å². The summed E-state index contributed by atoms with van der Waals surface area (Å²) in [6.07, 6.45) is -9.22. The average Bonchev–Trinajstić information content (AvgIpc) is 3.16. The van der Waals surface area contributed by atoms with Crippen molar-refractivity contribution < 1.29 is 39.9 Å². The van der Waals surface area contributed by atoms with Gasteiger partial charge in [-0.1, -0.05) is 11.6 Å². The van der Waals surface area contributed by atoms with Crippen LogP contribution >= 0.6 is 23.8 Å². The van der Waals surface area contributed by atoms with Crippen LogP contribution in [0.15, 0.2) is 36.7 Å². The lowest BCUT2D eigenvalue weighted by Crippen LogP contribution is -2.34. The second-order valence-corrected chi connectivity index (χ2v) is 7.98. The Labute approximate surface area is 202 Å². The number of benzene rings is 2. The quantitative estimate of drug-likeness (QED) is 0.212. The van der Waals surface area contributed by atoms with Crippen molar-refractivity contribution in [1.29, 1.82) is 0 Å². The number of carbonyl (C=O) groups excluding carboxylic acids is 1. The molecule has 0 aliphatic heterocycles. The summed E-state index contributed by atoms with van der Waals surface area (Å²) in [5, 5.41) is -0.544. The Morgan fingerprint density at radius 3 is 2.23 bits per heavy atom. The minimum Gasteiger partial charge on any atom is -0.337 e. The molecule has 0 atom stereocenters. The molecule has 1 aromatic heterocycles. The van der Waals surface area contributed by atoms with E-state index < -0.39 is 69.4 Å². The Morgan fingerprint density at radius 1 is 1.06 bits per heavy atom. The lowest BCUT2D eigenvalue weighted by molar-refractivity contribution is -0.143. The van der Waals surface area contributed by atoms with Crippen LogP contribution in [-0.2, 0) is 23.6 Å². The van der Waals surface area contributed by atoms with Gasteiger partial charge in [0.25, 0.3) is 0 Å². The van der Waals surface area contributed by atoms with Gasteiger partial charge in [-0.05, 0) is 42.9 Å². The molecule has 0 aliphatic rings.